The molecule has 7 nitrogen and oxygen atoms in total. The van der Waals surface area contributed by atoms with Gasteiger partial charge in [-0.15, -0.1) is 5.10 Å². The lowest BCUT2D eigenvalue weighted by Gasteiger charge is -2.30. The fourth-order valence-corrected chi connectivity index (χ4v) is 3.30. The predicted octanol–water partition coefficient (Wildman–Crippen LogP) is 2.18. The minimum absolute atomic E-state index is 0.156. The van der Waals surface area contributed by atoms with Crippen molar-refractivity contribution in [3.63, 3.8) is 0 Å². The fraction of sp³-hybridized carbons (Fsp3) is 0.500. The summed E-state index contributed by atoms with van der Waals surface area (Å²) in [6.45, 7) is 3.14. The van der Waals surface area contributed by atoms with Gasteiger partial charge in [-0.3, -0.25) is 14.3 Å². The van der Waals surface area contributed by atoms with Crippen LogP contribution in [0.4, 0.5) is 18.9 Å². The second-order valence-corrected chi connectivity index (χ2v) is 7.03. The van der Waals surface area contributed by atoms with Crippen molar-refractivity contribution < 1.29 is 18.0 Å². The van der Waals surface area contributed by atoms with Gasteiger partial charge in [-0.2, -0.15) is 13.2 Å². The molecule has 0 saturated carbocycles. The molecule has 10 heteroatoms. The highest BCUT2D eigenvalue weighted by atomic mass is 19.4. The number of anilines is 1. The highest BCUT2D eigenvalue weighted by Crippen LogP contribution is 2.28. The summed E-state index contributed by atoms with van der Waals surface area (Å²) in [5, 5.41) is 6.32. The van der Waals surface area contributed by atoms with Crippen LogP contribution in [-0.4, -0.2) is 44.8 Å². The molecule has 1 saturated heterocycles. The van der Waals surface area contributed by atoms with Gasteiger partial charge in [0.2, 0.25) is 11.7 Å². The van der Waals surface area contributed by atoms with E-state index in [-0.39, 0.29) is 12.5 Å². The lowest BCUT2D eigenvalue weighted by atomic mass is 10.1. The number of carbonyl (C=O) groups is 1. The maximum Gasteiger partial charge on any atom is 0.451 e. The van der Waals surface area contributed by atoms with E-state index in [0.29, 0.717) is 36.2 Å². The molecule has 0 radical (unpaired) electrons. The molecule has 1 N–H and O–H groups in total. The molecule has 152 valence electrons. The van der Waals surface area contributed by atoms with E-state index in [1.165, 1.54) is 0 Å². The fourth-order valence-electron chi connectivity index (χ4n) is 3.30. The van der Waals surface area contributed by atoms with E-state index in [1.54, 1.807) is 0 Å². The summed E-state index contributed by atoms with van der Waals surface area (Å²) in [6, 6.07) is 7.05. The number of alkyl halides is 3. The van der Waals surface area contributed by atoms with Crippen LogP contribution in [-0.2, 0) is 18.0 Å². The largest absolute Gasteiger partial charge is 0.451 e. The average Bonchev–Trinajstić information content (AvgIpc) is 2.93. The summed E-state index contributed by atoms with van der Waals surface area (Å²) in [5.74, 6) is -1.35. The van der Waals surface area contributed by atoms with Crippen LogP contribution in [0.2, 0.25) is 0 Å². The molecule has 0 bridgehead atoms. The number of nitrogens with zero attached hydrogens (tertiary/aromatic N) is 4. The first kappa shape index (κ1) is 20.1. The van der Waals surface area contributed by atoms with Crippen molar-refractivity contribution in [1.29, 1.82) is 0 Å². The van der Waals surface area contributed by atoms with Crippen LogP contribution < -0.4 is 11.0 Å². The van der Waals surface area contributed by atoms with Crippen LogP contribution in [0.1, 0.15) is 30.3 Å². The van der Waals surface area contributed by atoms with Crippen LogP contribution in [0.5, 0.6) is 0 Å². The van der Waals surface area contributed by atoms with E-state index >= 15 is 0 Å². The second-order valence-electron chi connectivity index (χ2n) is 7.03. The number of rotatable bonds is 4. The number of carbonyl (C=O) groups excluding carboxylic acids is 1. The Labute approximate surface area is 159 Å². The first-order chi connectivity index (χ1) is 13.1. The van der Waals surface area contributed by atoms with Crippen molar-refractivity contribution in [2.24, 2.45) is 7.05 Å². The minimum Gasteiger partial charge on any atom is -0.325 e. The molecule has 2 heterocycles. The van der Waals surface area contributed by atoms with Crippen molar-refractivity contribution in [3.05, 3.63) is 46.1 Å². The third kappa shape index (κ3) is 4.44. The van der Waals surface area contributed by atoms with Crippen molar-refractivity contribution in [1.82, 2.24) is 19.2 Å². The molecule has 3 rings (SSSR count). The molecule has 28 heavy (non-hydrogen) atoms. The number of hydrogen-bond donors (Lipinski definition) is 1. The van der Waals surface area contributed by atoms with Crippen molar-refractivity contribution in [2.75, 3.05) is 25.0 Å². The number of aryl methyl sites for hydroxylation is 1. The zero-order chi connectivity index (χ0) is 20.5. The topological polar surface area (TPSA) is 72.2 Å². The van der Waals surface area contributed by atoms with Gasteiger partial charge in [0, 0.05) is 25.8 Å². The minimum atomic E-state index is -4.67. The maximum atomic E-state index is 12.9. The van der Waals surface area contributed by atoms with Crippen LogP contribution >= 0.6 is 0 Å². The summed E-state index contributed by atoms with van der Waals surface area (Å²) in [6.07, 6.45) is -3.77. The summed E-state index contributed by atoms with van der Waals surface area (Å²) in [7, 11) is 1.07. The van der Waals surface area contributed by atoms with Gasteiger partial charge in [0.25, 0.3) is 0 Å². The van der Waals surface area contributed by atoms with Gasteiger partial charge in [0.05, 0.1) is 12.6 Å². The number of benzene rings is 1. The first-order valence-electron chi connectivity index (χ1n) is 8.97. The number of hydrogen-bond acceptors (Lipinski definition) is 4. The lowest BCUT2D eigenvalue weighted by Crippen LogP contribution is -2.41. The Morgan fingerprint density at radius 1 is 1.21 bits per heavy atom. The molecular weight excluding hydrogens is 375 g/mol. The molecule has 1 aromatic heterocycles. The molecule has 0 atom stereocenters. The van der Waals surface area contributed by atoms with Crippen LogP contribution in [0.25, 0.3) is 0 Å². The third-order valence-corrected chi connectivity index (χ3v) is 4.86. The number of amides is 1. The van der Waals surface area contributed by atoms with Crippen LogP contribution in [0.3, 0.4) is 0 Å². The van der Waals surface area contributed by atoms with Gasteiger partial charge >= 0.3 is 11.9 Å². The monoisotopic (exact) mass is 397 g/mol. The Hall–Kier alpha value is -2.62. The van der Waals surface area contributed by atoms with Gasteiger partial charge in [-0.25, -0.2) is 9.48 Å². The summed E-state index contributed by atoms with van der Waals surface area (Å²) in [5.41, 5.74) is 1.03. The van der Waals surface area contributed by atoms with Gasteiger partial charge in [-0.1, -0.05) is 17.7 Å². The van der Waals surface area contributed by atoms with E-state index < -0.39 is 23.7 Å². The zero-order valence-corrected chi connectivity index (χ0v) is 15.7. The molecule has 1 fully saturated rings. The van der Waals surface area contributed by atoms with Gasteiger partial charge < -0.3 is 5.32 Å². The second kappa shape index (κ2) is 7.78. The first-order valence-corrected chi connectivity index (χ1v) is 8.97. The van der Waals surface area contributed by atoms with Crippen molar-refractivity contribution >= 4 is 11.6 Å². The van der Waals surface area contributed by atoms with Crippen LogP contribution in [0.15, 0.2) is 29.1 Å². The van der Waals surface area contributed by atoms with E-state index in [0.717, 1.165) is 17.3 Å². The Kier molecular flexibility index (Phi) is 5.59. The number of aromatic nitrogens is 3. The maximum absolute atomic E-state index is 12.9. The molecule has 0 spiro atoms. The zero-order valence-electron chi connectivity index (χ0n) is 15.7. The van der Waals surface area contributed by atoms with Gasteiger partial charge in [0.15, 0.2) is 0 Å². The van der Waals surface area contributed by atoms with E-state index in [2.05, 4.69) is 10.4 Å². The lowest BCUT2D eigenvalue weighted by molar-refractivity contribution is -0.147. The molecular formula is C18H22F3N5O2. The summed E-state index contributed by atoms with van der Waals surface area (Å²) in [4.78, 5) is 26.2. The van der Waals surface area contributed by atoms with E-state index in [4.69, 9.17) is 0 Å². The van der Waals surface area contributed by atoms with E-state index in [9.17, 15) is 22.8 Å². The normalized spacial score (nSPS) is 16.3. The summed E-state index contributed by atoms with van der Waals surface area (Å²) < 4.78 is 40.2. The quantitative estimate of drug-likeness (QED) is 0.859. The molecule has 1 aromatic carbocycles. The number of piperidine rings is 1. The Morgan fingerprint density at radius 2 is 1.82 bits per heavy atom. The Balaban J connectivity index is 1.57. The molecule has 0 unspecified atom stereocenters. The number of nitrogens with one attached hydrogen (secondary N) is 1. The molecule has 1 aliphatic heterocycles. The highest BCUT2D eigenvalue weighted by Gasteiger charge is 2.39. The van der Waals surface area contributed by atoms with E-state index in [1.807, 2.05) is 36.1 Å². The molecule has 0 aliphatic carbocycles. The molecule has 1 aliphatic rings. The van der Waals surface area contributed by atoms with Crippen LogP contribution in [0, 0.1) is 6.92 Å². The summed E-state index contributed by atoms with van der Waals surface area (Å²) >= 11 is 0. The van der Waals surface area contributed by atoms with Crippen molar-refractivity contribution in [2.45, 2.75) is 32.0 Å². The molecule has 2 aromatic rings. The Bertz CT molecular complexity index is 893. The predicted molar refractivity (Wildman–Crippen MR) is 97.0 cm³/mol. The van der Waals surface area contributed by atoms with Gasteiger partial charge in [-0.05, 0) is 31.9 Å². The third-order valence-electron chi connectivity index (χ3n) is 4.86. The SMILES string of the molecule is Cc1ccc(NC(=O)CN2CCC(n3nc(C(F)(F)F)n(C)c3=O)CC2)cc1. The standard InChI is InChI=1S/C18H22F3N5O2/c1-12-3-5-13(6-4-12)22-15(27)11-25-9-7-14(8-10-25)26-17(28)24(2)16(23-26)18(19,20)21/h3-6,14H,7-11H2,1-2H3,(H,22,27). The van der Waals surface area contributed by atoms with Gasteiger partial charge in [0.1, 0.15) is 0 Å². The number of halogens is 3. The smallest absolute Gasteiger partial charge is 0.325 e. The Morgan fingerprint density at radius 3 is 2.36 bits per heavy atom. The highest BCUT2D eigenvalue weighted by molar-refractivity contribution is 5.92. The molecule has 1 amide bonds. The van der Waals surface area contributed by atoms with Crippen molar-refractivity contribution in [3.8, 4) is 0 Å². The average molecular weight is 397 g/mol. The number of likely N-dealkylation sites (tertiary alicyclic amines) is 1.